The average Bonchev–Trinajstić information content (AvgIpc) is 3.34. The highest BCUT2D eigenvalue weighted by Gasteiger charge is 2.62. The molecule has 2 aliphatic heterocycles. The lowest BCUT2D eigenvalue weighted by atomic mass is 9.52. The number of fused-ring (bicyclic) bond motifs is 1. The van der Waals surface area contributed by atoms with Gasteiger partial charge in [0.2, 0.25) is 0 Å². The Balaban J connectivity index is 1.64. The van der Waals surface area contributed by atoms with E-state index in [2.05, 4.69) is 17.9 Å². The van der Waals surface area contributed by atoms with Crippen LogP contribution in [0.2, 0.25) is 0 Å². The van der Waals surface area contributed by atoms with E-state index in [-0.39, 0.29) is 11.0 Å². The number of likely N-dealkylation sites (tertiary alicyclic amines) is 1. The van der Waals surface area contributed by atoms with Crippen molar-refractivity contribution >= 4 is 0 Å². The monoisotopic (exact) mass is 313 g/mol. The molecule has 3 atom stereocenters. The molecule has 0 unspecified atom stereocenters. The van der Waals surface area contributed by atoms with E-state index in [9.17, 15) is 5.11 Å². The van der Waals surface area contributed by atoms with Crippen LogP contribution in [-0.2, 0) is 16.6 Å². The Morgan fingerprint density at radius 3 is 3.00 bits per heavy atom. The molecule has 5 rings (SSSR count). The summed E-state index contributed by atoms with van der Waals surface area (Å²) in [4.78, 5) is 2.73. The van der Waals surface area contributed by atoms with Crippen LogP contribution in [0.25, 0.3) is 0 Å². The molecular weight excluding hydrogens is 286 g/mol. The third-order valence-corrected chi connectivity index (χ3v) is 7.21. The van der Waals surface area contributed by atoms with Gasteiger partial charge in [-0.15, -0.1) is 0 Å². The van der Waals surface area contributed by atoms with E-state index in [1.807, 2.05) is 12.1 Å². The zero-order valence-corrected chi connectivity index (χ0v) is 14.1. The van der Waals surface area contributed by atoms with E-state index in [1.54, 1.807) is 0 Å². The molecule has 2 aliphatic carbocycles. The minimum Gasteiger partial charge on any atom is -0.508 e. The molecule has 0 radical (unpaired) electrons. The highest BCUT2D eigenvalue weighted by Crippen LogP contribution is 2.58. The first kappa shape index (κ1) is 14.3. The van der Waals surface area contributed by atoms with Gasteiger partial charge in [-0.1, -0.05) is 6.07 Å². The summed E-state index contributed by atoms with van der Waals surface area (Å²) >= 11 is 0. The van der Waals surface area contributed by atoms with Crippen molar-refractivity contribution in [3.63, 3.8) is 0 Å². The molecule has 3 fully saturated rings. The van der Waals surface area contributed by atoms with Crippen LogP contribution in [0.4, 0.5) is 0 Å². The first-order valence-electron chi connectivity index (χ1n) is 9.33. The molecule has 1 N–H and O–H groups in total. The summed E-state index contributed by atoms with van der Waals surface area (Å²) in [5, 5.41) is 10.1. The predicted molar refractivity (Wildman–Crippen MR) is 89.8 cm³/mol. The lowest BCUT2D eigenvalue weighted by Crippen LogP contribution is -2.72. The number of benzene rings is 1. The summed E-state index contributed by atoms with van der Waals surface area (Å²) in [6, 6.07) is 6.56. The number of piperidine rings is 1. The summed E-state index contributed by atoms with van der Waals surface area (Å²) in [5.74, 6) is 1.33. The third-order valence-electron chi connectivity index (χ3n) is 7.21. The molecule has 2 heterocycles. The first-order chi connectivity index (χ1) is 11.1. The minimum absolute atomic E-state index is 0.0980. The summed E-state index contributed by atoms with van der Waals surface area (Å²) in [5.41, 5.74) is 2.82. The van der Waals surface area contributed by atoms with Crippen molar-refractivity contribution in [1.29, 1.82) is 0 Å². The Bertz CT molecular complexity index is 641. The van der Waals surface area contributed by atoms with Crippen molar-refractivity contribution in [1.82, 2.24) is 4.90 Å². The van der Waals surface area contributed by atoms with Crippen LogP contribution in [-0.4, -0.2) is 41.3 Å². The predicted octanol–water partition coefficient (Wildman–Crippen LogP) is 3.24. The second-order valence-electron chi connectivity index (χ2n) is 8.39. The minimum atomic E-state index is -0.0980. The second-order valence-corrected chi connectivity index (χ2v) is 8.39. The molecule has 1 saturated carbocycles. The van der Waals surface area contributed by atoms with Gasteiger partial charge in [0.05, 0.1) is 5.60 Å². The zero-order valence-electron chi connectivity index (χ0n) is 14.1. The largest absolute Gasteiger partial charge is 0.508 e. The number of ether oxygens (including phenoxy) is 1. The van der Waals surface area contributed by atoms with Crippen LogP contribution in [0.3, 0.4) is 0 Å². The van der Waals surface area contributed by atoms with Gasteiger partial charge in [-0.2, -0.15) is 0 Å². The summed E-state index contributed by atoms with van der Waals surface area (Å²) in [7, 11) is 0. The summed E-state index contributed by atoms with van der Waals surface area (Å²) in [6.07, 6.45) is 7.41. The fourth-order valence-electron chi connectivity index (χ4n) is 5.78. The first-order valence-corrected chi connectivity index (χ1v) is 9.33. The van der Waals surface area contributed by atoms with E-state index in [0.29, 0.717) is 11.8 Å². The Labute approximate surface area is 138 Å². The molecule has 1 aromatic rings. The van der Waals surface area contributed by atoms with Crippen LogP contribution in [0.5, 0.6) is 5.75 Å². The Morgan fingerprint density at radius 2 is 2.17 bits per heavy atom. The van der Waals surface area contributed by atoms with Gasteiger partial charge in [0.25, 0.3) is 0 Å². The van der Waals surface area contributed by atoms with Gasteiger partial charge < -0.3 is 9.84 Å². The molecule has 3 heteroatoms. The van der Waals surface area contributed by atoms with Crippen molar-refractivity contribution in [3.05, 3.63) is 29.3 Å². The molecule has 0 aromatic heterocycles. The normalized spacial score (nSPS) is 39.6. The molecule has 2 saturated heterocycles. The molecule has 2 bridgehead atoms. The number of rotatable bonds is 2. The quantitative estimate of drug-likeness (QED) is 0.910. The van der Waals surface area contributed by atoms with Crippen LogP contribution < -0.4 is 0 Å². The molecular formula is C20H27NO2. The van der Waals surface area contributed by atoms with E-state index >= 15 is 0 Å². The van der Waals surface area contributed by atoms with Gasteiger partial charge in [0.15, 0.2) is 0 Å². The van der Waals surface area contributed by atoms with Crippen molar-refractivity contribution in [2.45, 2.75) is 62.5 Å². The van der Waals surface area contributed by atoms with Crippen LogP contribution in [0, 0.1) is 5.92 Å². The number of phenolic OH excluding ortho intramolecular Hbond substituents is 1. The fourth-order valence-corrected chi connectivity index (χ4v) is 5.78. The molecule has 0 amide bonds. The lowest BCUT2D eigenvalue weighted by molar-refractivity contribution is -0.197. The molecule has 3 nitrogen and oxygen atoms in total. The number of nitrogens with zero attached hydrogens (tertiary/aromatic N) is 1. The van der Waals surface area contributed by atoms with Gasteiger partial charge in [-0.05, 0) is 81.2 Å². The number of aromatic hydroxyl groups is 1. The van der Waals surface area contributed by atoms with Gasteiger partial charge >= 0.3 is 0 Å². The van der Waals surface area contributed by atoms with Gasteiger partial charge in [0.1, 0.15) is 5.75 Å². The van der Waals surface area contributed by atoms with Crippen LogP contribution >= 0.6 is 0 Å². The third kappa shape index (κ3) is 1.90. The highest BCUT2D eigenvalue weighted by atomic mass is 16.5. The Morgan fingerprint density at radius 1 is 1.30 bits per heavy atom. The van der Waals surface area contributed by atoms with E-state index in [4.69, 9.17) is 4.74 Å². The zero-order chi connectivity index (χ0) is 15.7. The van der Waals surface area contributed by atoms with Crippen LogP contribution in [0.15, 0.2) is 18.2 Å². The SMILES string of the molecule is C[C@@]12OCCC[C@@]13CCN(CC1CC1)[C@@H]2Cc1ccc(O)cc13. The molecule has 1 aromatic carbocycles. The average molecular weight is 313 g/mol. The standard InChI is InChI=1S/C20H27NO2/c1-19-18-11-15-5-6-16(22)12-17(15)20(19,7-2-10-23-19)8-9-21(18)13-14-3-4-14/h5-6,12,14,18,22H,2-4,7-11,13H2,1H3/t18-,19+,20+/m1/s1. The van der Waals surface area contributed by atoms with E-state index in [1.165, 1.54) is 49.9 Å². The summed E-state index contributed by atoms with van der Waals surface area (Å²) in [6.45, 7) is 5.70. The smallest absolute Gasteiger partial charge is 0.115 e. The van der Waals surface area contributed by atoms with Crippen molar-refractivity contribution < 1.29 is 9.84 Å². The van der Waals surface area contributed by atoms with E-state index < -0.39 is 0 Å². The van der Waals surface area contributed by atoms with Crippen molar-refractivity contribution in [3.8, 4) is 5.75 Å². The van der Waals surface area contributed by atoms with Gasteiger partial charge in [-0.3, -0.25) is 4.90 Å². The maximum atomic E-state index is 10.1. The molecule has 0 spiro atoms. The number of hydrogen-bond acceptors (Lipinski definition) is 3. The number of phenols is 1. The molecule has 124 valence electrons. The molecule has 4 aliphatic rings. The van der Waals surface area contributed by atoms with Crippen molar-refractivity contribution in [2.24, 2.45) is 5.92 Å². The maximum absolute atomic E-state index is 10.1. The topological polar surface area (TPSA) is 32.7 Å². The van der Waals surface area contributed by atoms with Crippen molar-refractivity contribution in [2.75, 3.05) is 19.7 Å². The lowest BCUT2D eigenvalue weighted by Gasteiger charge is -2.64. The fraction of sp³-hybridized carbons (Fsp3) is 0.700. The highest BCUT2D eigenvalue weighted by molar-refractivity contribution is 5.47. The van der Waals surface area contributed by atoms with E-state index in [0.717, 1.165) is 25.4 Å². The summed E-state index contributed by atoms with van der Waals surface area (Å²) < 4.78 is 6.53. The Kier molecular flexibility index (Phi) is 2.94. The number of hydrogen-bond donors (Lipinski definition) is 1. The second kappa shape index (κ2) is 4.73. The van der Waals surface area contributed by atoms with Crippen LogP contribution in [0.1, 0.15) is 50.2 Å². The van der Waals surface area contributed by atoms with Gasteiger partial charge in [0, 0.05) is 24.6 Å². The Hall–Kier alpha value is -1.06. The maximum Gasteiger partial charge on any atom is 0.115 e. The van der Waals surface area contributed by atoms with Gasteiger partial charge in [-0.25, -0.2) is 0 Å². The molecule has 23 heavy (non-hydrogen) atoms.